The fourth-order valence-corrected chi connectivity index (χ4v) is 2.69. The van der Waals surface area contributed by atoms with Crippen molar-refractivity contribution in [3.63, 3.8) is 0 Å². The quantitative estimate of drug-likeness (QED) is 0.617. The van der Waals surface area contributed by atoms with E-state index in [0.717, 1.165) is 17.5 Å². The summed E-state index contributed by atoms with van der Waals surface area (Å²) >= 11 is 0. The second-order valence-electron chi connectivity index (χ2n) is 6.22. The highest BCUT2D eigenvalue weighted by Gasteiger charge is 2.34. The molecule has 152 valence electrons. The van der Waals surface area contributed by atoms with Crippen LogP contribution >= 0.6 is 0 Å². The molecule has 0 spiro atoms. The molecular weight excluding hydrogens is 389 g/mol. The van der Waals surface area contributed by atoms with E-state index in [0.29, 0.717) is 11.3 Å². The Morgan fingerprint density at radius 2 is 1.83 bits per heavy atom. The van der Waals surface area contributed by atoms with E-state index in [4.69, 9.17) is 9.47 Å². The minimum absolute atomic E-state index is 0.101. The van der Waals surface area contributed by atoms with Crippen molar-refractivity contribution in [1.82, 2.24) is 4.98 Å². The van der Waals surface area contributed by atoms with Crippen molar-refractivity contribution in [2.45, 2.75) is 19.2 Å². The van der Waals surface area contributed by atoms with E-state index >= 15 is 0 Å². The topological polar surface area (TPSA) is 80.4 Å². The van der Waals surface area contributed by atoms with Crippen molar-refractivity contribution in [3.05, 3.63) is 59.8 Å². The van der Waals surface area contributed by atoms with Gasteiger partial charge in [0.1, 0.15) is 11.4 Å². The molecular formula is C20H17F3N2O4. The molecule has 3 aromatic rings. The van der Waals surface area contributed by atoms with Crippen LogP contribution in [0.1, 0.15) is 23.0 Å². The molecule has 0 aliphatic rings. The Morgan fingerprint density at radius 3 is 2.52 bits per heavy atom. The molecule has 1 aromatic heterocycles. The molecule has 0 aliphatic carbocycles. The Bertz CT molecular complexity index is 1060. The summed E-state index contributed by atoms with van der Waals surface area (Å²) in [7, 11) is 1.51. The molecule has 0 aliphatic heterocycles. The maximum absolute atomic E-state index is 13.0. The number of anilines is 1. The first-order chi connectivity index (χ1) is 13.7. The third-order valence-corrected chi connectivity index (χ3v) is 4.19. The number of carbonyl (C=O) groups is 2. The zero-order valence-corrected chi connectivity index (χ0v) is 15.5. The molecule has 0 fully saturated rings. The Kier molecular flexibility index (Phi) is 5.49. The van der Waals surface area contributed by atoms with Crippen molar-refractivity contribution in [2.24, 2.45) is 0 Å². The Morgan fingerprint density at radius 1 is 1.10 bits per heavy atom. The van der Waals surface area contributed by atoms with Crippen molar-refractivity contribution < 1.29 is 32.2 Å². The van der Waals surface area contributed by atoms with E-state index in [1.54, 1.807) is 24.3 Å². The molecule has 29 heavy (non-hydrogen) atoms. The second kappa shape index (κ2) is 7.86. The van der Waals surface area contributed by atoms with Crippen LogP contribution in [0.3, 0.4) is 0 Å². The minimum Gasteiger partial charge on any atom is -0.497 e. The first-order valence-electron chi connectivity index (χ1n) is 8.54. The number of halogens is 3. The predicted molar refractivity (Wildman–Crippen MR) is 99.8 cm³/mol. The summed E-state index contributed by atoms with van der Waals surface area (Å²) in [4.78, 5) is 27.4. The summed E-state index contributed by atoms with van der Waals surface area (Å²) in [6.07, 6.45) is -5.94. The first-order valence-corrected chi connectivity index (χ1v) is 8.54. The maximum atomic E-state index is 13.0. The van der Waals surface area contributed by atoms with Gasteiger partial charge >= 0.3 is 12.1 Å². The van der Waals surface area contributed by atoms with Crippen molar-refractivity contribution in [3.8, 4) is 5.75 Å². The van der Waals surface area contributed by atoms with Crippen LogP contribution < -0.4 is 10.1 Å². The van der Waals surface area contributed by atoms with Gasteiger partial charge in [-0.1, -0.05) is 12.1 Å². The third kappa shape index (κ3) is 4.50. The normalized spacial score (nSPS) is 12.4. The van der Waals surface area contributed by atoms with Crippen LogP contribution in [0.2, 0.25) is 0 Å². The SMILES string of the molecule is COc1ccc2cc(C(=O)OC(C)C(=O)Nc3ccccc3C(F)(F)F)[nH]c2c1. The lowest BCUT2D eigenvalue weighted by Crippen LogP contribution is -2.30. The molecule has 6 nitrogen and oxygen atoms in total. The molecule has 1 heterocycles. The summed E-state index contributed by atoms with van der Waals surface area (Å²) in [6.45, 7) is 1.27. The van der Waals surface area contributed by atoms with Crippen LogP contribution in [0, 0.1) is 0 Å². The molecule has 3 rings (SSSR count). The van der Waals surface area contributed by atoms with Crippen LogP contribution in [0.4, 0.5) is 18.9 Å². The number of carbonyl (C=O) groups excluding carboxylic acids is 2. The van der Waals surface area contributed by atoms with Gasteiger partial charge < -0.3 is 19.8 Å². The van der Waals surface area contributed by atoms with Gasteiger partial charge in [0.2, 0.25) is 0 Å². The molecule has 1 atom stereocenters. The number of nitrogens with one attached hydrogen (secondary N) is 2. The summed E-state index contributed by atoms with van der Waals surface area (Å²) in [6, 6.07) is 11.3. The number of alkyl halides is 3. The number of fused-ring (bicyclic) bond motifs is 1. The van der Waals surface area contributed by atoms with E-state index in [1.807, 2.05) is 0 Å². The van der Waals surface area contributed by atoms with Gasteiger partial charge in [-0.3, -0.25) is 4.79 Å². The molecule has 2 aromatic carbocycles. The van der Waals surface area contributed by atoms with Gasteiger partial charge in [-0.2, -0.15) is 13.2 Å². The van der Waals surface area contributed by atoms with E-state index in [9.17, 15) is 22.8 Å². The number of ether oxygens (including phenoxy) is 2. The van der Waals surface area contributed by atoms with Crippen molar-refractivity contribution in [2.75, 3.05) is 12.4 Å². The molecule has 0 bridgehead atoms. The lowest BCUT2D eigenvalue weighted by molar-refractivity contribution is -0.137. The summed E-state index contributed by atoms with van der Waals surface area (Å²) in [5, 5.41) is 2.88. The number of rotatable bonds is 5. The Labute approximate surface area is 163 Å². The molecule has 1 unspecified atom stereocenters. The average Bonchev–Trinajstić information content (AvgIpc) is 3.10. The van der Waals surface area contributed by atoms with E-state index in [2.05, 4.69) is 10.3 Å². The van der Waals surface area contributed by atoms with Crippen LogP contribution in [-0.2, 0) is 15.7 Å². The summed E-state index contributed by atoms with van der Waals surface area (Å²) < 4.78 is 49.3. The van der Waals surface area contributed by atoms with Gasteiger partial charge in [0, 0.05) is 17.0 Å². The molecule has 2 N–H and O–H groups in total. The van der Waals surface area contributed by atoms with Gasteiger partial charge in [-0.15, -0.1) is 0 Å². The number of aromatic amines is 1. The largest absolute Gasteiger partial charge is 0.497 e. The third-order valence-electron chi connectivity index (χ3n) is 4.19. The lowest BCUT2D eigenvalue weighted by Gasteiger charge is -2.16. The molecule has 9 heteroatoms. The number of methoxy groups -OCH3 is 1. The van der Waals surface area contributed by atoms with Crippen LogP contribution in [0.25, 0.3) is 10.9 Å². The number of esters is 1. The molecule has 0 saturated carbocycles. The average molecular weight is 406 g/mol. The molecule has 0 radical (unpaired) electrons. The highest BCUT2D eigenvalue weighted by molar-refractivity contribution is 5.99. The number of benzene rings is 2. The standard InChI is InChI=1S/C20H17F3N2O4/c1-11(18(26)25-15-6-4-3-5-14(15)20(21,22)23)29-19(27)17-9-12-7-8-13(28-2)10-16(12)24-17/h3-11,24H,1-2H3,(H,25,26). The molecule has 1 amide bonds. The zero-order chi connectivity index (χ0) is 21.2. The maximum Gasteiger partial charge on any atom is 0.418 e. The predicted octanol–water partition coefficient (Wildman–Crippen LogP) is 4.38. The van der Waals surface area contributed by atoms with Crippen molar-refractivity contribution in [1.29, 1.82) is 0 Å². The lowest BCUT2D eigenvalue weighted by atomic mass is 10.1. The fraction of sp³-hybridized carbons (Fsp3) is 0.200. The van der Waals surface area contributed by atoms with Gasteiger partial charge in [0.05, 0.1) is 18.4 Å². The van der Waals surface area contributed by atoms with Gasteiger partial charge in [0.15, 0.2) is 6.10 Å². The van der Waals surface area contributed by atoms with Crippen LogP contribution in [0.15, 0.2) is 48.5 Å². The van der Waals surface area contributed by atoms with Crippen LogP contribution in [0.5, 0.6) is 5.75 Å². The summed E-state index contributed by atoms with van der Waals surface area (Å²) in [5.74, 6) is -1.10. The summed E-state index contributed by atoms with van der Waals surface area (Å²) in [5.41, 5.74) is -0.668. The monoisotopic (exact) mass is 406 g/mol. The van der Waals surface area contributed by atoms with Crippen molar-refractivity contribution >= 4 is 28.5 Å². The van der Waals surface area contributed by atoms with Gasteiger partial charge in [0.25, 0.3) is 5.91 Å². The second-order valence-corrected chi connectivity index (χ2v) is 6.22. The number of amides is 1. The fourth-order valence-electron chi connectivity index (χ4n) is 2.69. The van der Waals surface area contributed by atoms with Crippen LogP contribution in [-0.4, -0.2) is 30.1 Å². The number of aromatic nitrogens is 1. The highest BCUT2D eigenvalue weighted by Crippen LogP contribution is 2.34. The van der Waals surface area contributed by atoms with E-state index in [-0.39, 0.29) is 5.69 Å². The molecule has 0 saturated heterocycles. The number of para-hydroxylation sites is 1. The Hall–Kier alpha value is -3.49. The minimum atomic E-state index is -4.63. The number of hydrogen-bond donors (Lipinski definition) is 2. The van der Waals surface area contributed by atoms with Gasteiger partial charge in [-0.05, 0) is 37.3 Å². The Balaban J connectivity index is 1.71. The van der Waals surface area contributed by atoms with Gasteiger partial charge in [-0.25, -0.2) is 4.79 Å². The number of H-pyrrole nitrogens is 1. The zero-order valence-electron chi connectivity index (χ0n) is 15.5. The smallest absolute Gasteiger partial charge is 0.418 e. The number of hydrogen-bond acceptors (Lipinski definition) is 4. The first kappa shape index (κ1) is 20.2. The van der Waals surface area contributed by atoms with E-state index in [1.165, 1.54) is 26.2 Å². The van der Waals surface area contributed by atoms with E-state index < -0.39 is 35.4 Å². The highest BCUT2D eigenvalue weighted by atomic mass is 19.4.